The van der Waals surface area contributed by atoms with Crippen molar-refractivity contribution >= 4 is 33.1 Å². The number of amides is 1. The minimum atomic E-state index is -0.629. The third-order valence-electron chi connectivity index (χ3n) is 4.08. The van der Waals surface area contributed by atoms with Crippen molar-refractivity contribution in [3.63, 3.8) is 0 Å². The number of thiazole rings is 1. The Bertz CT molecular complexity index is 1070. The molecular weight excluding hydrogens is 358 g/mol. The minimum Gasteiger partial charge on any atom is -0.481 e. The largest absolute Gasteiger partial charge is 0.481 e. The molecule has 0 saturated carbocycles. The van der Waals surface area contributed by atoms with E-state index in [0.29, 0.717) is 10.9 Å². The number of carbonyl (C=O) groups is 1. The van der Waals surface area contributed by atoms with Crippen LogP contribution in [-0.4, -0.2) is 22.0 Å². The van der Waals surface area contributed by atoms with Crippen LogP contribution >= 0.6 is 11.3 Å². The van der Waals surface area contributed by atoms with Crippen LogP contribution in [0.3, 0.4) is 0 Å². The summed E-state index contributed by atoms with van der Waals surface area (Å²) in [6.07, 6.45) is 1.14. The Labute approximate surface area is 160 Å². The third kappa shape index (κ3) is 3.80. The van der Waals surface area contributed by atoms with Gasteiger partial charge in [0.15, 0.2) is 11.2 Å². The molecule has 1 unspecified atom stereocenters. The predicted octanol–water partition coefficient (Wildman–Crippen LogP) is 4.76. The van der Waals surface area contributed by atoms with Crippen LogP contribution < -0.4 is 10.1 Å². The molecule has 0 fully saturated rings. The molecule has 0 saturated heterocycles. The van der Waals surface area contributed by atoms with E-state index < -0.39 is 6.10 Å². The van der Waals surface area contributed by atoms with E-state index in [-0.39, 0.29) is 5.91 Å². The summed E-state index contributed by atoms with van der Waals surface area (Å²) in [5.74, 6) is 0.408. The van der Waals surface area contributed by atoms with Crippen LogP contribution in [0.4, 0.5) is 5.13 Å². The number of para-hydroxylation sites is 1. The van der Waals surface area contributed by atoms with Crippen LogP contribution in [0.15, 0.2) is 72.2 Å². The van der Waals surface area contributed by atoms with Crippen molar-refractivity contribution in [3.05, 3.63) is 72.2 Å². The van der Waals surface area contributed by atoms with Gasteiger partial charge in [-0.1, -0.05) is 42.5 Å². The third-order valence-corrected chi connectivity index (χ3v) is 4.83. The number of nitrogens with one attached hydrogen (secondary N) is 1. The number of carbonyl (C=O) groups excluding carboxylic acids is 1. The van der Waals surface area contributed by atoms with Crippen LogP contribution in [0.25, 0.3) is 22.2 Å². The lowest BCUT2D eigenvalue weighted by molar-refractivity contribution is -0.122. The number of fused-ring (bicyclic) bond motifs is 1. The number of nitrogens with zero attached hydrogens (tertiary/aromatic N) is 2. The fourth-order valence-electron chi connectivity index (χ4n) is 2.73. The number of aromatic nitrogens is 2. The number of hydrogen-bond donors (Lipinski definition) is 1. The summed E-state index contributed by atoms with van der Waals surface area (Å²) in [5.41, 5.74) is 1.54. The Morgan fingerprint density at radius 3 is 2.70 bits per heavy atom. The highest BCUT2D eigenvalue weighted by atomic mass is 32.1. The summed E-state index contributed by atoms with van der Waals surface area (Å²) in [5, 5.41) is 7.37. The lowest BCUT2D eigenvalue weighted by atomic mass is 10.1. The van der Waals surface area contributed by atoms with Crippen molar-refractivity contribution in [3.8, 4) is 17.1 Å². The summed E-state index contributed by atoms with van der Waals surface area (Å²) >= 11 is 1.37. The summed E-state index contributed by atoms with van der Waals surface area (Å²) in [4.78, 5) is 21.4. The lowest BCUT2D eigenvalue weighted by Crippen LogP contribution is -2.30. The van der Waals surface area contributed by atoms with Crippen molar-refractivity contribution in [1.82, 2.24) is 9.97 Å². The Morgan fingerprint density at radius 2 is 1.85 bits per heavy atom. The summed E-state index contributed by atoms with van der Waals surface area (Å²) in [6.45, 7) is 1.71. The molecule has 4 rings (SSSR count). The van der Waals surface area contributed by atoms with Gasteiger partial charge < -0.3 is 4.74 Å². The molecule has 2 aromatic carbocycles. The second kappa shape index (κ2) is 7.55. The number of benzene rings is 2. The fourth-order valence-corrected chi connectivity index (χ4v) is 3.43. The molecule has 27 heavy (non-hydrogen) atoms. The van der Waals surface area contributed by atoms with E-state index in [1.54, 1.807) is 13.1 Å². The first kappa shape index (κ1) is 17.2. The molecule has 0 aliphatic rings. The van der Waals surface area contributed by atoms with Gasteiger partial charge in [-0.05, 0) is 30.5 Å². The molecule has 1 N–H and O–H groups in total. The zero-order valence-corrected chi connectivity index (χ0v) is 15.4. The molecule has 0 bridgehead atoms. The summed E-state index contributed by atoms with van der Waals surface area (Å²) < 4.78 is 5.65. The Hall–Kier alpha value is -3.25. The Balaban J connectivity index is 1.50. The number of pyridine rings is 1. The summed E-state index contributed by atoms with van der Waals surface area (Å²) in [6, 6.07) is 19.3. The van der Waals surface area contributed by atoms with Crippen LogP contribution in [0, 0.1) is 0 Å². The molecule has 0 spiro atoms. The average molecular weight is 375 g/mol. The van der Waals surface area contributed by atoms with Crippen LogP contribution in [-0.2, 0) is 4.79 Å². The molecule has 2 aromatic heterocycles. The maximum atomic E-state index is 12.4. The van der Waals surface area contributed by atoms with Crippen molar-refractivity contribution in [2.24, 2.45) is 0 Å². The standard InChI is InChI=1S/C21H17N3O2S/c1-14(26-16-8-3-2-4-9-16)20(25)24-21-23-18(13-27-21)19-17-10-6-5-7-15(17)11-12-22-19/h2-14H,1H3,(H,23,24,25). The van der Waals surface area contributed by atoms with Gasteiger partial charge >= 0.3 is 0 Å². The quantitative estimate of drug-likeness (QED) is 0.546. The zero-order chi connectivity index (χ0) is 18.6. The van der Waals surface area contributed by atoms with Gasteiger partial charge in [0.25, 0.3) is 5.91 Å². The second-order valence-electron chi connectivity index (χ2n) is 5.98. The van der Waals surface area contributed by atoms with E-state index in [4.69, 9.17) is 4.74 Å². The highest BCUT2D eigenvalue weighted by molar-refractivity contribution is 7.14. The van der Waals surface area contributed by atoms with Gasteiger partial charge in [0.2, 0.25) is 0 Å². The molecule has 5 nitrogen and oxygen atoms in total. The maximum Gasteiger partial charge on any atom is 0.266 e. The Kier molecular flexibility index (Phi) is 4.80. The van der Waals surface area contributed by atoms with E-state index >= 15 is 0 Å². The fraction of sp³-hybridized carbons (Fsp3) is 0.0952. The smallest absolute Gasteiger partial charge is 0.266 e. The molecule has 0 aliphatic carbocycles. The molecule has 1 atom stereocenters. The SMILES string of the molecule is CC(Oc1ccccc1)C(=O)Nc1nc(-c2nccc3ccccc23)cs1. The van der Waals surface area contributed by atoms with E-state index in [2.05, 4.69) is 15.3 Å². The van der Waals surface area contributed by atoms with Gasteiger partial charge in [0.05, 0.1) is 5.69 Å². The van der Waals surface area contributed by atoms with Crippen molar-refractivity contribution in [2.75, 3.05) is 5.32 Å². The van der Waals surface area contributed by atoms with E-state index in [1.165, 1.54) is 11.3 Å². The van der Waals surface area contributed by atoms with Crippen LogP contribution in [0.5, 0.6) is 5.75 Å². The molecule has 0 radical (unpaired) electrons. The van der Waals surface area contributed by atoms with Crippen LogP contribution in [0.2, 0.25) is 0 Å². The number of anilines is 1. The molecule has 1 amide bonds. The topological polar surface area (TPSA) is 64.1 Å². The highest BCUT2D eigenvalue weighted by Gasteiger charge is 2.17. The van der Waals surface area contributed by atoms with Gasteiger partial charge in [-0.2, -0.15) is 0 Å². The molecule has 134 valence electrons. The monoisotopic (exact) mass is 375 g/mol. The van der Waals surface area contributed by atoms with Crippen LogP contribution in [0.1, 0.15) is 6.92 Å². The number of hydrogen-bond acceptors (Lipinski definition) is 5. The first-order valence-electron chi connectivity index (χ1n) is 8.53. The molecule has 2 heterocycles. The van der Waals surface area contributed by atoms with Gasteiger partial charge in [-0.25, -0.2) is 4.98 Å². The first-order valence-corrected chi connectivity index (χ1v) is 9.41. The van der Waals surface area contributed by atoms with Crippen molar-refractivity contribution < 1.29 is 9.53 Å². The van der Waals surface area contributed by atoms with Gasteiger partial charge in [-0.15, -0.1) is 11.3 Å². The molecule has 4 aromatic rings. The zero-order valence-electron chi connectivity index (χ0n) is 14.6. The van der Waals surface area contributed by atoms with E-state index in [1.807, 2.05) is 66.0 Å². The minimum absolute atomic E-state index is 0.245. The van der Waals surface area contributed by atoms with Gasteiger partial charge in [0.1, 0.15) is 11.4 Å². The normalized spacial score (nSPS) is 11.9. The van der Waals surface area contributed by atoms with Gasteiger partial charge in [-0.3, -0.25) is 15.1 Å². The number of rotatable bonds is 5. The highest BCUT2D eigenvalue weighted by Crippen LogP contribution is 2.29. The average Bonchev–Trinajstić information content (AvgIpc) is 3.16. The predicted molar refractivity (Wildman–Crippen MR) is 108 cm³/mol. The van der Waals surface area contributed by atoms with E-state index in [9.17, 15) is 4.79 Å². The maximum absolute atomic E-state index is 12.4. The number of ether oxygens (including phenoxy) is 1. The second-order valence-corrected chi connectivity index (χ2v) is 6.84. The molecule has 0 aliphatic heterocycles. The van der Waals surface area contributed by atoms with Crippen molar-refractivity contribution in [2.45, 2.75) is 13.0 Å². The summed E-state index contributed by atoms with van der Waals surface area (Å²) in [7, 11) is 0. The molecular formula is C21H17N3O2S. The van der Waals surface area contributed by atoms with Crippen molar-refractivity contribution in [1.29, 1.82) is 0 Å². The lowest BCUT2D eigenvalue weighted by Gasteiger charge is -2.13. The van der Waals surface area contributed by atoms with E-state index in [0.717, 1.165) is 22.2 Å². The first-order chi connectivity index (χ1) is 13.2. The Morgan fingerprint density at radius 1 is 1.07 bits per heavy atom. The molecule has 6 heteroatoms. The van der Waals surface area contributed by atoms with Gasteiger partial charge in [0, 0.05) is 17.0 Å².